The summed E-state index contributed by atoms with van der Waals surface area (Å²) < 4.78 is 11.7. The highest BCUT2D eigenvalue weighted by atomic mass is 16.5. The van der Waals surface area contributed by atoms with Crippen LogP contribution in [0.5, 0.6) is 11.5 Å². The standard InChI is InChI=1S/C21H20O5/c1-10(2)11-7-13-18(24)17-14(22)9-16-12(5-6-21(3,4)26-16)20(17)25-19(13)15(23)8-11/h5-6,9,11,22H,1,7-8H2,2-4H3. The van der Waals surface area contributed by atoms with Gasteiger partial charge in [-0.1, -0.05) is 12.2 Å². The third-order valence-corrected chi connectivity index (χ3v) is 5.10. The van der Waals surface area contributed by atoms with Crippen molar-refractivity contribution in [1.82, 2.24) is 0 Å². The number of fused-ring (bicyclic) bond motifs is 4. The predicted octanol–water partition coefficient (Wildman–Crippen LogP) is 4.00. The van der Waals surface area contributed by atoms with Crippen LogP contribution in [0.3, 0.4) is 0 Å². The van der Waals surface area contributed by atoms with E-state index >= 15 is 0 Å². The number of carbonyl (C=O) groups excluding carboxylic acids is 1. The Bertz CT molecular complexity index is 1070. The van der Waals surface area contributed by atoms with E-state index in [9.17, 15) is 14.7 Å². The molecule has 0 fully saturated rings. The maximum absolute atomic E-state index is 13.1. The number of hydrogen-bond acceptors (Lipinski definition) is 5. The summed E-state index contributed by atoms with van der Waals surface area (Å²) in [4.78, 5) is 25.6. The van der Waals surface area contributed by atoms with Crippen molar-refractivity contribution in [1.29, 1.82) is 0 Å². The van der Waals surface area contributed by atoms with E-state index in [0.29, 0.717) is 23.3 Å². The molecule has 26 heavy (non-hydrogen) atoms. The highest BCUT2D eigenvalue weighted by Gasteiger charge is 2.33. The third-order valence-electron chi connectivity index (χ3n) is 5.10. The number of benzene rings is 1. The number of phenols is 1. The Morgan fingerprint density at radius 3 is 2.73 bits per heavy atom. The highest BCUT2D eigenvalue weighted by molar-refractivity contribution is 6.00. The molecule has 2 aromatic rings. The quantitative estimate of drug-likeness (QED) is 0.785. The highest BCUT2D eigenvalue weighted by Crippen LogP contribution is 2.41. The number of hydrogen-bond donors (Lipinski definition) is 1. The minimum Gasteiger partial charge on any atom is -0.507 e. The van der Waals surface area contributed by atoms with Gasteiger partial charge in [-0.3, -0.25) is 9.59 Å². The summed E-state index contributed by atoms with van der Waals surface area (Å²) >= 11 is 0. The Morgan fingerprint density at radius 1 is 1.31 bits per heavy atom. The van der Waals surface area contributed by atoms with Gasteiger partial charge in [-0.2, -0.15) is 0 Å². The smallest absolute Gasteiger partial charge is 0.200 e. The molecule has 134 valence electrons. The Morgan fingerprint density at radius 2 is 2.04 bits per heavy atom. The second-order valence-electron chi connectivity index (χ2n) is 7.66. The van der Waals surface area contributed by atoms with Gasteiger partial charge in [0.15, 0.2) is 22.6 Å². The van der Waals surface area contributed by atoms with Crippen molar-refractivity contribution in [2.45, 2.75) is 39.2 Å². The van der Waals surface area contributed by atoms with Gasteiger partial charge in [0.2, 0.25) is 0 Å². The molecule has 2 aliphatic rings. The fourth-order valence-corrected chi connectivity index (χ4v) is 3.62. The molecule has 2 heterocycles. The van der Waals surface area contributed by atoms with Crippen LogP contribution in [0.15, 0.2) is 33.5 Å². The topological polar surface area (TPSA) is 76.7 Å². The van der Waals surface area contributed by atoms with Crippen molar-refractivity contribution in [3.8, 4) is 11.5 Å². The van der Waals surface area contributed by atoms with E-state index in [1.807, 2.05) is 26.8 Å². The number of carbonyl (C=O) groups is 1. The molecule has 0 radical (unpaired) electrons. The van der Waals surface area contributed by atoms with Crippen LogP contribution in [0.2, 0.25) is 0 Å². The molecule has 1 N–H and O–H groups in total. The minimum absolute atomic E-state index is 0.0841. The first-order valence-electron chi connectivity index (χ1n) is 8.60. The minimum atomic E-state index is -0.536. The molecule has 0 saturated heterocycles. The second-order valence-corrected chi connectivity index (χ2v) is 7.66. The summed E-state index contributed by atoms with van der Waals surface area (Å²) in [5, 5.41) is 10.5. The largest absolute Gasteiger partial charge is 0.507 e. The van der Waals surface area contributed by atoms with Gasteiger partial charge in [0.1, 0.15) is 22.5 Å². The maximum atomic E-state index is 13.1. The van der Waals surface area contributed by atoms with Crippen LogP contribution < -0.4 is 10.2 Å². The van der Waals surface area contributed by atoms with E-state index < -0.39 is 5.60 Å². The van der Waals surface area contributed by atoms with Crippen LogP contribution >= 0.6 is 0 Å². The Kier molecular flexibility index (Phi) is 3.41. The molecule has 4 rings (SSSR count). The Hall–Kier alpha value is -2.82. The molecular weight excluding hydrogens is 332 g/mol. The van der Waals surface area contributed by atoms with Gasteiger partial charge in [-0.25, -0.2) is 0 Å². The fraction of sp³-hybridized carbons (Fsp3) is 0.333. The summed E-state index contributed by atoms with van der Waals surface area (Å²) in [6.07, 6.45) is 4.33. The molecule has 5 nitrogen and oxygen atoms in total. The number of phenolic OH excluding ortho intramolecular Hbond substituents is 1. The zero-order chi connectivity index (χ0) is 18.8. The molecule has 0 bridgehead atoms. The first kappa shape index (κ1) is 16.6. The number of Topliss-reactive ketones (excluding diaryl/α,β-unsaturated/α-hetero) is 1. The SMILES string of the molecule is C=C(C)C1CC(=O)c2oc3c4c(cc(O)c3c(=O)c2C1)OC(C)(C)C=C4. The van der Waals surface area contributed by atoms with Crippen molar-refractivity contribution in [2.24, 2.45) is 5.92 Å². The van der Waals surface area contributed by atoms with E-state index in [4.69, 9.17) is 9.15 Å². The first-order valence-corrected chi connectivity index (χ1v) is 8.60. The summed E-state index contributed by atoms with van der Waals surface area (Å²) in [5.74, 6) is 0.0153. The van der Waals surface area contributed by atoms with Gasteiger partial charge in [0.05, 0.1) is 5.56 Å². The lowest BCUT2D eigenvalue weighted by atomic mass is 9.82. The van der Waals surface area contributed by atoms with Crippen molar-refractivity contribution in [3.05, 3.63) is 51.4 Å². The van der Waals surface area contributed by atoms with Crippen molar-refractivity contribution in [3.63, 3.8) is 0 Å². The molecule has 0 saturated carbocycles. The van der Waals surface area contributed by atoms with Gasteiger partial charge in [0, 0.05) is 18.1 Å². The lowest BCUT2D eigenvalue weighted by Crippen LogP contribution is -2.29. The molecule has 1 aliphatic heterocycles. The summed E-state index contributed by atoms with van der Waals surface area (Å²) in [6.45, 7) is 9.53. The molecule has 1 aliphatic carbocycles. The van der Waals surface area contributed by atoms with Crippen LogP contribution in [0, 0.1) is 5.92 Å². The Balaban J connectivity index is 2.03. The van der Waals surface area contributed by atoms with Gasteiger partial charge in [-0.15, -0.1) is 0 Å². The monoisotopic (exact) mass is 352 g/mol. The summed E-state index contributed by atoms with van der Waals surface area (Å²) in [6, 6.07) is 1.44. The predicted molar refractivity (Wildman–Crippen MR) is 98.8 cm³/mol. The van der Waals surface area contributed by atoms with Crippen LogP contribution in [-0.2, 0) is 6.42 Å². The number of rotatable bonds is 1. The first-order chi connectivity index (χ1) is 12.2. The third kappa shape index (κ3) is 2.38. The average molecular weight is 352 g/mol. The number of ketones is 1. The van der Waals surface area contributed by atoms with E-state index in [-0.39, 0.29) is 46.0 Å². The van der Waals surface area contributed by atoms with Crippen molar-refractivity contribution < 1.29 is 19.1 Å². The zero-order valence-corrected chi connectivity index (χ0v) is 15.0. The molecule has 1 aromatic carbocycles. The maximum Gasteiger partial charge on any atom is 0.200 e. The lowest BCUT2D eigenvalue weighted by Gasteiger charge is -2.28. The molecule has 0 spiro atoms. The van der Waals surface area contributed by atoms with Crippen LogP contribution in [0.1, 0.15) is 48.9 Å². The van der Waals surface area contributed by atoms with Gasteiger partial charge < -0.3 is 14.3 Å². The number of allylic oxidation sites excluding steroid dienone is 1. The van der Waals surface area contributed by atoms with Gasteiger partial charge >= 0.3 is 0 Å². The molecule has 1 unspecified atom stereocenters. The summed E-state index contributed by atoms with van der Waals surface area (Å²) in [5.41, 5.74) is 1.03. The fourth-order valence-electron chi connectivity index (χ4n) is 3.62. The molecule has 5 heteroatoms. The van der Waals surface area contributed by atoms with E-state index in [1.54, 1.807) is 6.08 Å². The molecular formula is C21H20O5. The molecule has 0 amide bonds. The van der Waals surface area contributed by atoms with E-state index in [2.05, 4.69) is 6.58 Å². The van der Waals surface area contributed by atoms with Crippen LogP contribution in [0.25, 0.3) is 17.0 Å². The molecule has 1 aromatic heterocycles. The molecule has 1 atom stereocenters. The van der Waals surface area contributed by atoms with Crippen molar-refractivity contribution >= 4 is 22.8 Å². The van der Waals surface area contributed by atoms with E-state index in [1.165, 1.54) is 6.07 Å². The van der Waals surface area contributed by atoms with Crippen molar-refractivity contribution in [2.75, 3.05) is 0 Å². The van der Waals surface area contributed by atoms with E-state index in [0.717, 1.165) is 5.57 Å². The average Bonchev–Trinajstić information content (AvgIpc) is 2.54. The second kappa shape index (κ2) is 5.34. The number of ether oxygens (including phenoxy) is 1. The van der Waals surface area contributed by atoms with Gasteiger partial charge in [0.25, 0.3) is 0 Å². The zero-order valence-electron chi connectivity index (χ0n) is 15.0. The normalized spacial score (nSPS) is 20.4. The Labute approximate surface area is 150 Å². The number of aromatic hydroxyl groups is 1. The van der Waals surface area contributed by atoms with Gasteiger partial charge in [-0.05, 0) is 45.3 Å². The van der Waals surface area contributed by atoms with Crippen LogP contribution in [-0.4, -0.2) is 16.5 Å². The van der Waals surface area contributed by atoms with Crippen LogP contribution in [0.4, 0.5) is 0 Å². The summed E-state index contributed by atoms with van der Waals surface area (Å²) in [7, 11) is 0. The lowest BCUT2D eigenvalue weighted by molar-refractivity contribution is 0.0925.